The third kappa shape index (κ3) is 3.96. The second kappa shape index (κ2) is 6.93. The van der Waals surface area contributed by atoms with Crippen LogP contribution in [0.25, 0.3) is 5.69 Å². The van der Waals surface area contributed by atoms with E-state index >= 15 is 0 Å². The zero-order valence-corrected chi connectivity index (χ0v) is 14.0. The number of nitrogens with zero attached hydrogens (tertiary/aromatic N) is 1. The van der Waals surface area contributed by atoms with Crippen molar-refractivity contribution in [2.45, 2.75) is 38.6 Å². The van der Waals surface area contributed by atoms with E-state index in [1.165, 1.54) is 4.57 Å². The zero-order chi connectivity index (χ0) is 18.0. The number of aromatic carboxylic acids is 1. The van der Waals surface area contributed by atoms with Crippen LogP contribution in [-0.2, 0) is 11.2 Å². The first-order valence-electron chi connectivity index (χ1n) is 8.30. The molecule has 0 bridgehead atoms. The summed E-state index contributed by atoms with van der Waals surface area (Å²) in [5.74, 6) is -1.16. The second-order valence-corrected chi connectivity index (χ2v) is 6.36. The molecule has 1 aliphatic carbocycles. The molecule has 25 heavy (non-hydrogen) atoms. The molecule has 6 heteroatoms. The largest absolute Gasteiger partial charge is 0.477 e. The zero-order valence-electron chi connectivity index (χ0n) is 14.0. The topological polar surface area (TPSA) is 88.4 Å². The van der Waals surface area contributed by atoms with Crippen molar-refractivity contribution >= 4 is 11.9 Å². The average Bonchev–Trinajstić information content (AvgIpc) is 3.37. The summed E-state index contributed by atoms with van der Waals surface area (Å²) in [5, 5.41) is 12.2. The Morgan fingerprint density at radius 3 is 2.48 bits per heavy atom. The monoisotopic (exact) mass is 340 g/mol. The van der Waals surface area contributed by atoms with Crippen molar-refractivity contribution in [2.75, 3.05) is 0 Å². The first-order valence-corrected chi connectivity index (χ1v) is 8.30. The number of carboxylic acids is 1. The van der Waals surface area contributed by atoms with E-state index in [1.807, 2.05) is 12.1 Å². The number of rotatable bonds is 6. The fraction of sp³-hybridized carbons (Fsp3) is 0.316. The number of hydrogen-bond donors (Lipinski definition) is 2. The summed E-state index contributed by atoms with van der Waals surface area (Å²) >= 11 is 0. The number of aryl methyl sites for hydroxylation is 2. The van der Waals surface area contributed by atoms with Crippen molar-refractivity contribution < 1.29 is 14.7 Å². The molecular formula is C19H20N2O4. The number of carbonyl (C=O) groups excluding carboxylic acids is 1. The van der Waals surface area contributed by atoms with Crippen LogP contribution in [0.3, 0.4) is 0 Å². The van der Waals surface area contributed by atoms with Gasteiger partial charge in [-0.3, -0.25) is 14.2 Å². The minimum atomic E-state index is -1.23. The lowest BCUT2D eigenvalue weighted by atomic mass is 10.1. The van der Waals surface area contributed by atoms with Gasteiger partial charge in [0.25, 0.3) is 5.56 Å². The molecule has 2 aromatic rings. The molecule has 2 N–H and O–H groups in total. The molecule has 1 heterocycles. The van der Waals surface area contributed by atoms with Crippen molar-refractivity contribution in [1.82, 2.24) is 9.88 Å². The lowest BCUT2D eigenvalue weighted by molar-refractivity contribution is -0.121. The van der Waals surface area contributed by atoms with E-state index in [9.17, 15) is 19.5 Å². The molecule has 1 fully saturated rings. The quantitative estimate of drug-likeness (QED) is 0.842. The van der Waals surface area contributed by atoms with E-state index in [2.05, 4.69) is 5.32 Å². The number of amides is 1. The normalized spacial score (nSPS) is 13.5. The highest BCUT2D eigenvalue weighted by Gasteiger charge is 2.22. The Morgan fingerprint density at radius 1 is 1.20 bits per heavy atom. The Hall–Kier alpha value is -2.89. The summed E-state index contributed by atoms with van der Waals surface area (Å²) in [7, 11) is 0. The molecule has 0 spiro atoms. The van der Waals surface area contributed by atoms with Crippen molar-refractivity contribution in [2.24, 2.45) is 0 Å². The molecule has 3 rings (SSSR count). The van der Waals surface area contributed by atoms with Crippen LogP contribution < -0.4 is 10.9 Å². The highest BCUT2D eigenvalue weighted by atomic mass is 16.4. The van der Waals surface area contributed by atoms with Gasteiger partial charge in [0.1, 0.15) is 5.56 Å². The van der Waals surface area contributed by atoms with Crippen molar-refractivity contribution in [3.63, 3.8) is 0 Å². The van der Waals surface area contributed by atoms with E-state index in [-0.39, 0.29) is 11.5 Å². The van der Waals surface area contributed by atoms with Crippen molar-refractivity contribution in [3.05, 3.63) is 63.6 Å². The maximum Gasteiger partial charge on any atom is 0.341 e. The van der Waals surface area contributed by atoms with Crippen LogP contribution in [0.15, 0.2) is 41.3 Å². The van der Waals surface area contributed by atoms with Gasteiger partial charge in [0.05, 0.1) is 0 Å². The highest BCUT2D eigenvalue weighted by Crippen LogP contribution is 2.19. The summed E-state index contributed by atoms with van der Waals surface area (Å²) < 4.78 is 1.32. The number of aromatic nitrogens is 1. The third-order valence-electron chi connectivity index (χ3n) is 4.31. The van der Waals surface area contributed by atoms with E-state index in [1.54, 1.807) is 31.3 Å². The molecule has 1 aromatic heterocycles. The van der Waals surface area contributed by atoms with Crippen LogP contribution in [0.4, 0.5) is 0 Å². The van der Waals surface area contributed by atoms with Crippen LogP contribution in [0, 0.1) is 6.92 Å². The lowest BCUT2D eigenvalue weighted by Gasteiger charge is -2.09. The van der Waals surface area contributed by atoms with Crippen LogP contribution in [0.1, 0.15) is 40.7 Å². The SMILES string of the molecule is Cc1ccn(-c2ccc(CCC(=O)NC3CC3)cc2)c(=O)c1C(=O)O. The molecule has 0 unspecified atom stereocenters. The van der Waals surface area contributed by atoms with Gasteiger partial charge >= 0.3 is 5.97 Å². The van der Waals surface area contributed by atoms with E-state index < -0.39 is 11.5 Å². The van der Waals surface area contributed by atoms with Gasteiger partial charge in [-0.05, 0) is 55.5 Å². The van der Waals surface area contributed by atoms with Gasteiger partial charge in [-0.1, -0.05) is 12.1 Å². The van der Waals surface area contributed by atoms with Gasteiger partial charge in [-0.2, -0.15) is 0 Å². The maximum atomic E-state index is 12.4. The summed E-state index contributed by atoms with van der Waals surface area (Å²) in [4.78, 5) is 35.3. The van der Waals surface area contributed by atoms with Gasteiger partial charge < -0.3 is 10.4 Å². The summed E-state index contributed by atoms with van der Waals surface area (Å²) in [6.07, 6.45) is 4.78. The smallest absolute Gasteiger partial charge is 0.341 e. The Labute approximate surface area is 145 Å². The minimum absolute atomic E-state index is 0.0624. The Morgan fingerprint density at radius 2 is 1.88 bits per heavy atom. The lowest BCUT2D eigenvalue weighted by Crippen LogP contribution is -2.26. The van der Waals surface area contributed by atoms with E-state index in [4.69, 9.17) is 0 Å². The number of nitrogens with one attached hydrogen (secondary N) is 1. The number of carboxylic acid groups (broad SMARTS) is 1. The molecule has 0 aliphatic heterocycles. The molecule has 1 aliphatic rings. The van der Waals surface area contributed by atoms with Gasteiger partial charge in [0.2, 0.25) is 5.91 Å². The summed E-state index contributed by atoms with van der Waals surface area (Å²) in [6.45, 7) is 1.60. The first-order chi connectivity index (χ1) is 12.0. The Balaban J connectivity index is 1.74. The summed E-state index contributed by atoms with van der Waals surface area (Å²) in [5.41, 5.74) is 1.26. The minimum Gasteiger partial charge on any atom is -0.477 e. The molecule has 1 amide bonds. The predicted octanol–water partition coefficient (Wildman–Crippen LogP) is 2.06. The van der Waals surface area contributed by atoms with Crippen molar-refractivity contribution in [3.8, 4) is 5.69 Å². The third-order valence-corrected chi connectivity index (χ3v) is 4.31. The molecule has 0 atom stereocenters. The van der Waals surface area contributed by atoms with E-state index in [0.717, 1.165) is 18.4 Å². The number of pyridine rings is 1. The molecular weight excluding hydrogens is 320 g/mol. The van der Waals surface area contributed by atoms with Crippen LogP contribution in [-0.4, -0.2) is 27.6 Å². The van der Waals surface area contributed by atoms with Crippen molar-refractivity contribution in [1.29, 1.82) is 0 Å². The second-order valence-electron chi connectivity index (χ2n) is 6.36. The molecule has 6 nitrogen and oxygen atoms in total. The van der Waals surface area contributed by atoms with Gasteiger partial charge in [0.15, 0.2) is 0 Å². The molecule has 1 aromatic carbocycles. The van der Waals surface area contributed by atoms with Crippen LogP contribution in [0.5, 0.6) is 0 Å². The van der Waals surface area contributed by atoms with Gasteiger partial charge in [-0.15, -0.1) is 0 Å². The highest BCUT2D eigenvalue weighted by molar-refractivity contribution is 5.88. The first kappa shape index (κ1) is 17.0. The number of benzene rings is 1. The summed E-state index contributed by atoms with van der Waals surface area (Å²) in [6, 6.07) is 9.21. The Bertz CT molecular complexity index is 864. The average molecular weight is 340 g/mol. The van der Waals surface area contributed by atoms with Crippen LogP contribution >= 0.6 is 0 Å². The molecule has 0 saturated heterocycles. The molecule has 0 radical (unpaired) electrons. The fourth-order valence-corrected chi connectivity index (χ4v) is 2.70. The fourth-order valence-electron chi connectivity index (χ4n) is 2.70. The molecule has 1 saturated carbocycles. The number of carbonyl (C=O) groups is 2. The van der Waals surface area contributed by atoms with Crippen LogP contribution in [0.2, 0.25) is 0 Å². The van der Waals surface area contributed by atoms with Gasteiger partial charge in [0, 0.05) is 24.3 Å². The predicted molar refractivity (Wildman–Crippen MR) is 93.2 cm³/mol. The molecule has 130 valence electrons. The standard InChI is InChI=1S/C19H20N2O4/c1-12-10-11-21(18(23)17(12)19(24)25)15-7-2-13(3-8-15)4-9-16(22)20-14-5-6-14/h2-3,7-8,10-11,14H,4-6,9H2,1H3,(H,20,22)(H,24,25). The number of hydrogen-bond acceptors (Lipinski definition) is 3. The Kier molecular flexibility index (Phi) is 4.70. The van der Waals surface area contributed by atoms with E-state index in [0.29, 0.717) is 30.1 Å². The van der Waals surface area contributed by atoms with Gasteiger partial charge in [-0.25, -0.2) is 4.79 Å². The maximum absolute atomic E-state index is 12.4.